The van der Waals surface area contributed by atoms with Crippen LogP contribution in [-0.2, 0) is 12.8 Å². The lowest BCUT2D eigenvalue weighted by atomic mass is 9.44. The first-order chi connectivity index (χ1) is 28.2. The van der Waals surface area contributed by atoms with Gasteiger partial charge in [-0.3, -0.25) is 9.97 Å². The Labute approximate surface area is 342 Å². The summed E-state index contributed by atoms with van der Waals surface area (Å²) in [6.07, 6.45) is 4.52. The second-order valence-corrected chi connectivity index (χ2v) is 18.8. The number of nitrogens with zero attached hydrogens (tertiary/aromatic N) is 4. The van der Waals surface area contributed by atoms with Gasteiger partial charge in [-0.2, -0.15) is 0 Å². The predicted octanol–water partition coefficient (Wildman–Crippen LogP) is 12.9. The Bertz CT molecular complexity index is 2480. The third-order valence-electron chi connectivity index (χ3n) is 15.1. The highest BCUT2D eigenvalue weighted by Crippen LogP contribution is 2.68. The number of benzene rings is 3. The molecule has 0 unspecified atom stereocenters. The summed E-state index contributed by atoms with van der Waals surface area (Å²) in [4.78, 5) is 21.1. The molecule has 2 saturated carbocycles. The van der Waals surface area contributed by atoms with Crippen LogP contribution < -0.4 is 0 Å². The number of pyridine rings is 4. The molecular weight excluding hydrogens is 705 g/mol. The minimum atomic E-state index is 0.276. The average molecular weight is 755 g/mol. The number of rotatable bonds is 8. The number of aromatic nitrogens is 4. The maximum atomic E-state index is 5.46. The number of hydrogen-bond acceptors (Lipinski definition) is 4. The summed E-state index contributed by atoms with van der Waals surface area (Å²) in [6.45, 7) is 9.92. The molecule has 7 aromatic rings. The average Bonchev–Trinajstić information content (AvgIpc) is 3.27. The lowest BCUT2D eigenvalue weighted by Crippen LogP contribution is -2.51. The third kappa shape index (κ3) is 5.70. The molecule has 6 aliphatic carbocycles. The Balaban J connectivity index is 0.871. The van der Waals surface area contributed by atoms with Gasteiger partial charge in [-0.05, 0) is 119 Å². The summed E-state index contributed by atoms with van der Waals surface area (Å²) in [6, 6.07) is 52.3. The highest BCUT2D eigenvalue weighted by atomic mass is 14.8. The van der Waals surface area contributed by atoms with Gasteiger partial charge in [0, 0.05) is 34.4 Å². The van der Waals surface area contributed by atoms with Crippen LogP contribution in [-0.4, -0.2) is 19.9 Å². The summed E-state index contributed by atoms with van der Waals surface area (Å²) in [5, 5.41) is 0. The van der Waals surface area contributed by atoms with Gasteiger partial charge in [0.15, 0.2) is 0 Å². The molecule has 6 aliphatic rings. The molecular formula is C54H50N4. The van der Waals surface area contributed by atoms with Gasteiger partial charge in [0.2, 0.25) is 0 Å². The van der Waals surface area contributed by atoms with Gasteiger partial charge in [0.25, 0.3) is 0 Å². The molecule has 4 nitrogen and oxygen atoms in total. The molecule has 6 atom stereocenters. The first-order valence-corrected chi connectivity index (χ1v) is 21.4. The van der Waals surface area contributed by atoms with Gasteiger partial charge in [0.05, 0.1) is 34.2 Å². The summed E-state index contributed by atoms with van der Waals surface area (Å²) in [5.41, 5.74) is 16.9. The minimum absolute atomic E-state index is 0.276. The first-order valence-electron chi connectivity index (χ1n) is 21.4. The smallest absolute Gasteiger partial charge is 0.0893 e. The molecule has 0 radical (unpaired) electrons. The molecule has 0 saturated heterocycles. The monoisotopic (exact) mass is 754 g/mol. The van der Waals surface area contributed by atoms with Crippen LogP contribution in [0.5, 0.6) is 0 Å². The largest absolute Gasteiger partial charge is 0.251 e. The topological polar surface area (TPSA) is 51.6 Å². The van der Waals surface area contributed by atoms with E-state index in [1.54, 1.807) is 0 Å². The van der Waals surface area contributed by atoms with Crippen LogP contribution in [0.3, 0.4) is 0 Å². The van der Waals surface area contributed by atoms with Crippen LogP contribution in [0.15, 0.2) is 146 Å². The highest BCUT2D eigenvalue weighted by molar-refractivity contribution is 5.66. The second-order valence-electron chi connectivity index (χ2n) is 18.8. The van der Waals surface area contributed by atoms with Crippen molar-refractivity contribution in [2.45, 2.75) is 77.0 Å². The number of hydrogen-bond donors (Lipinski definition) is 0. The van der Waals surface area contributed by atoms with Crippen LogP contribution in [0.4, 0.5) is 0 Å². The molecule has 4 heterocycles. The Morgan fingerprint density at radius 3 is 1.17 bits per heavy atom. The van der Waals surface area contributed by atoms with Gasteiger partial charge in [-0.25, -0.2) is 9.97 Å². The first kappa shape index (κ1) is 35.4. The van der Waals surface area contributed by atoms with Crippen LogP contribution >= 0.6 is 0 Å². The van der Waals surface area contributed by atoms with E-state index in [-0.39, 0.29) is 10.8 Å². The van der Waals surface area contributed by atoms with Crippen LogP contribution in [0, 0.1) is 22.7 Å². The molecule has 4 heteroatoms. The lowest BCUT2D eigenvalue weighted by Gasteiger charge is -2.60. The van der Waals surface area contributed by atoms with Gasteiger partial charge in [-0.15, -0.1) is 0 Å². The van der Waals surface area contributed by atoms with E-state index in [0.717, 1.165) is 58.1 Å². The van der Waals surface area contributed by atoms with E-state index in [1.807, 2.05) is 0 Å². The lowest BCUT2D eigenvalue weighted by molar-refractivity contribution is -0.00768. The molecule has 0 spiro atoms. The third-order valence-corrected chi connectivity index (χ3v) is 15.1. The van der Waals surface area contributed by atoms with E-state index in [2.05, 4.69) is 173 Å². The summed E-state index contributed by atoms with van der Waals surface area (Å²) < 4.78 is 0. The Morgan fingerprint density at radius 1 is 0.397 bits per heavy atom. The molecule has 13 rings (SSSR count). The van der Waals surface area contributed by atoms with Crippen molar-refractivity contribution in [1.29, 1.82) is 0 Å². The van der Waals surface area contributed by atoms with Crippen molar-refractivity contribution in [1.82, 2.24) is 19.9 Å². The maximum absolute atomic E-state index is 5.46. The molecule has 0 aliphatic heterocycles. The predicted molar refractivity (Wildman–Crippen MR) is 234 cm³/mol. The molecule has 286 valence electrons. The molecule has 4 aromatic heterocycles. The zero-order valence-corrected chi connectivity index (χ0v) is 33.9. The normalized spacial score (nSPS) is 24.1. The second kappa shape index (κ2) is 13.4. The molecule has 0 amide bonds. The van der Waals surface area contributed by atoms with E-state index in [4.69, 9.17) is 19.9 Å². The van der Waals surface area contributed by atoms with Crippen molar-refractivity contribution in [2.24, 2.45) is 22.7 Å². The molecule has 0 N–H and O–H groups in total. The molecule has 2 fully saturated rings. The molecule has 4 bridgehead atoms. The van der Waals surface area contributed by atoms with Gasteiger partial charge in [-0.1, -0.05) is 137 Å². The highest BCUT2D eigenvalue weighted by Gasteiger charge is 2.58. The van der Waals surface area contributed by atoms with Crippen molar-refractivity contribution < 1.29 is 0 Å². The molecule has 3 aromatic carbocycles. The Kier molecular flexibility index (Phi) is 8.19. The Hall–Kier alpha value is -5.74. The summed E-state index contributed by atoms with van der Waals surface area (Å²) in [5.74, 6) is 3.14. The van der Waals surface area contributed by atoms with Crippen molar-refractivity contribution in [3.8, 4) is 45.3 Å². The van der Waals surface area contributed by atoms with E-state index in [9.17, 15) is 0 Å². The van der Waals surface area contributed by atoms with Crippen molar-refractivity contribution in [2.75, 3.05) is 0 Å². The summed E-state index contributed by atoms with van der Waals surface area (Å²) in [7, 11) is 0. The van der Waals surface area contributed by atoms with Crippen LogP contribution in [0.25, 0.3) is 45.3 Å². The zero-order chi connectivity index (χ0) is 39.2. The fourth-order valence-electron chi connectivity index (χ4n) is 11.7. The SMILES string of the molecule is CC1(C)[C@@H]2C[C@H]1c1ccc(-c3cccc(-c4ccccc4)n3)nc1[C@H]2Cc1ccc(C[C@@H]2c3nc(-c4cccc(-c5ccccc5)n4)ccc3[C@@H]3C[C@H]2C3(C)C)cc1. The van der Waals surface area contributed by atoms with Gasteiger partial charge < -0.3 is 0 Å². The quantitative estimate of drug-likeness (QED) is 0.155. The fraction of sp³-hybridized carbons (Fsp3) is 0.296. The minimum Gasteiger partial charge on any atom is -0.251 e. The van der Waals surface area contributed by atoms with Crippen molar-refractivity contribution in [3.05, 3.63) is 179 Å². The standard InChI is InChI=1S/C54H50N4/c1-53(2)41-31-43(53)39(51-37(41)25-27-49(57-51)47-19-11-17-45(55-47)35-13-7-5-8-14-35)29-33-21-23-34(24-22-33)30-40-44-32-42(54(44,3)4)38-26-28-50(58-52(38)40)48-20-12-18-46(56-48)36-15-9-6-10-16-36/h5-28,39-44H,29-32H2,1-4H3/t39-,40-,41-,42-,43+,44+/m0/s1. The fourth-order valence-corrected chi connectivity index (χ4v) is 11.7. The van der Waals surface area contributed by atoms with E-state index < -0.39 is 0 Å². The molecule has 58 heavy (non-hydrogen) atoms. The van der Waals surface area contributed by atoms with E-state index in [0.29, 0.717) is 35.5 Å². The van der Waals surface area contributed by atoms with E-state index >= 15 is 0 Å². The van der Waals surface area contributed by atoms with E-state index in [1.165, 1.54) is 46.5 Å². The van der Waals surface area contributed by atoms with Crippen molar-refractivity contribution >= 4 is 0 Å². The summed E-state index contributed by atoms with van der Waals surface area (Å²) >= 11 is 0. The van der Waals surface area contributed by atoms with Gasteiger partial charge in [0.1, 0.15) is 0 Å². The van der Waals surface area contributed by atoms with Crippen LogP contribution in [0.1, 0.15) is 97.8 Å². The van der Waals surface area contributed by atoms with Crippen molar-refractivity contribution in [3.63, 3.8) is 0 Å². The van der Waals surface area contributed by atoms with Crippen LogP contribution in [0.2, 0.25) is 0 Å². The zero-order valence-electron chi connectivity index (χ0n) is 33.9. The Morgan fingerprint density at radius 2 is 0.776 bits per heavy atom. The maximum Gasteiger partial charge on any atom is 0.0893 e. The van der Waals surface area contributed by atoms with Gasteiger partial charge >= 0.3 is 0 Å².